The molecule has 35 heavy (non-hydrogen) atoms. The third-order valence-electron chi connectivity index (χ3n) is 6.07. The number of aromatic nitrogens is 1. The van der Waals surface area contributed by atoms with Crippen LogP contribution in [-0.4, -0.2) is 34.0 Å². The van der Waals surface area contributed by atoms with Gasteiger partial charge >= 0.3 is 5.91 Å². The zero-order valence-electron chi connectivity index (χ0n) is 19.3. The summed E-state index contributed by atoms with van der Waals surface area (Å²) in [5.41, 5.74) is 3.22. The van der Waals surface area contributed by atoms with Crippen LogP contribution in [0.3, 0.4) is 0 Å². The lowest BCUT2D eigenvalue weighted by molar-refractivity contribution is -0.132. The van der Waals surface area contributed by atoms with Gasteiger partial charge in [0.05, 0.1) is 28.9 Å². The highest BCUT2D eigenvalue weighted by Crippen LogP contribution is 2.45. The topological polar surface area (TPSA) is 100.0 Å². The molecule has 1 aliphatic rings. The molecule has 2 N–H and O–H groups in total. The minimum absolute atomic E-state index is 0.0196. The number of carbonyl (C=O) groups excluding carboxylic acids is 2. The fourth-order valence-electron chi connectivity index (χ4n) is 4.30. The SMILES string of the molecule is COc1ccc2nc(N3C(=O)C(=O)C(=C(O)c4cc(C)ccc4C)C3c3cccc(O)c3)sc2c1. The number of carbonyl (C=O) groups is 2. The lowest BCUT2D eigenvalue weighted by Gasteiger charge is -2.23. The standard InChI is InChI=1S/C27H22N2O5S/c1-14-7-8-15(2)19(11-14)24(31)22-23(16-5-4-6-17(30)12-16)29(26(33)25(22)32)27-28-20-10-9-18(34-3)13-21(20)35-27/h4-13,23,30-31H,1-3H3. The zero-order chi connectivity index (χ0) is 24.9. The highest BCUT2D eigenvalue weighted by atomic mass is 32.1. The van der Waals surface area contributed by atoms with Crippen LogP contribution in [0.2, 0.25) is 0 Å². The number of anilines is 1. The van der Waals surface area contributed by atoms with E-state index in [1.165, 1.54) is 28.4 Å². The minimum atomic E-state index is -0.968. The predicted octanol–water partition coefficient (Wildman–Crippen LogP) is 5.25. The number of hydrogen-bond donors (Lipinski definition) is 2. The highest BCUT2D eigenvalue weighted by Gasteiger charge is 2.48. The number of aromatic hydroxyl groups is 1. The van der Waals surface area contributed by atoms with Crippen molar-refractivity contribution in [2.45, 2.75) is 19.9 Å². The summed E-state index contributed by atoms with van der Waals surface area (Å²) in [5.74, 6) is -1.24. The maximum Gasteiger partial charge on any atom is 0.301 e. The number of amides is 1. The maximum absolute atomic E-state index is 13.4. The van der Waals surface area contributed by atoms with Gasteiger partial charge < -0.3 is 14.9 Å². The number of aliphatic hydroxyl groups is 1. The first-order valence-corrected chi connectivity index (χ1v) is 11.7. The quantitative estimate of drug-likeness (QED) is 0.232. The lowest BCUT2D eigenvalue weighted by atomic mass is 9.93. The van der Waals surface area contributed by atoms with E-state index in [9.17, 15) is 19.8 Å². The molecule has 1 aliphatic heterocycles. The monoisotopic (exact) mass is 486 g/mol. The second-order valence-electron chi connectivity index (χ2n) is 8.41. The Bertz CT molecular complexity index is 1540. The van der Waals surface area contributed by atoms with E-state index < -0.39 is 17.7 Å². The average molecular weight is 487 g/mol. The van der Waals surface area contributed by atoms with E-state index >= 15 is 0 Å². The average Bonchev–Trinajstić information content (AvgIpc) is 3.37. The van der Waals surface area contributed by atoms with Crippen molar-refractivity contribution >= 4 is 44.1 Å². The van der Waals surface area contributed by atoms with E-state index in [2.05, 4.69) is 4.98 Å². The number of methoxy groups -OCH3 is 1. The number of phenolic OH excluding ortho intramolecular Hbond substituents is 1. The third kappa shape index (κ3) is 3.81. The Morgan fingerprint density at radius 2 is 1.86 bits per heavy atom. The summed E-state index contributed by atoms with van der Waals surface area (Å²) in [7, 11) is 1.57. The van der Waals surface area contributed by atoms with Crippen molar-refractivity contribution in [3.05, 3.63) is 88.5 Å². The first-order valence-electron chi connectivity index (χ1n) is 10.9. The molecule has 3 aromatic carbocycles. The van der Waals surface area contributed by atoms with E-state index in [0.29, 0.717) is 27.5 Å². The van der Waals surface area contributed by atoms with Gasteiger partial charge in [0.15, 0.2) is 5.13 Å². The van der Waals surface area contributed by atoms with E-state index in [1.54, 1.807) is 37.4 Å². The van der Waals surface area contributed by atoms with Crippen LogP contribution < -0.4 is 9.64 Å². The summed E-state index contributed by atoms with van der Waals surface area (Å²) in [6.45, 7) is 3.71. The van der Waals surface area contributed by atoms with Crippen molar-refractivity contribution in [1.29, 1.82) is 0 Å². The van der Waals surface area contributed by atoms with Gasteiger partial charge in [-0.15, -0.1) is 0 Å². The molecule has 1 aromatic heterocycles. The number of hydrogen-bond acceptors (Lipinski definition) is 7. The Morgan fingerprint density at radius 1 is 1.06 bits per heavy atom. The molecule has 8 heteroatoms. The highest BCUT2D eigenvalue weighted by molar-refractivity contribution is 7.22. The molecule has 7 nitrogen and oxygen atoms in total. The summed E-state index contributed by atoms with van der Waals surface area (Å²) in [6.07, 6.45) is 0. The summed E-state index contributed by atoms with van der Waals surface area (Å²) in [4.78, 5) is 32.6. The van der Waals surface area contributed by atoms with Crippen molar-refractivity contribution in [1.82, 2.24) is 4.98 Å². The third-order valence-corrected chi connectivity index (χ3v) is 7.09. The Hall–Kier alpha value is -4.17. The van der Waals surface area contributed by atoms with E-state index in [4.69, 9.17) is 4.74 Å². The normalized spacial score (nSPS) is 17.3. The van der Waals surface area contributed by atoms with Crippen LogP contribution in [0, 0.1) is 13.8 Å². The van der Waals surface area contributed by atoms with E-state index in [1.807, 2.05) is 32.0 Å². The fraction of sp³-hybridized carbons (Fsp3) is 0.148. The zero-order valence-corrected chi connectivity index (χ0v) is 20.1. The smallest absolute Gasteiger partial charge is 0.301 e. The molecule has 0 spiro atoms. The number of phenols is 1. The van der Waals surface area contributed by atoms with Gasteiger partial charge in [-0.2, -0.15) is 0 Å². The molecule has 2 heterocycles. The molecule has 0 radical (unpaired) electrons. The molecule has 1 fully saturated rings. The summed E-state index contributed by atoms with van der Waals surface area (Å²) >= 11 is 1.24. The van der Waals surface area contributed by atoms with Gasteiger partial charge in [0.2, 0.25) is 0 Å². The second kappa shape index (κ2) is 8.56. The summed E-state index contributed by atoms with van der Waals surface area (Å²) in [5, 5.41) is 21.8. The maximum atomic E-state index is 13.4. The van der Waals surface area contributed by atoms with Crippen molar-refractivity contribution < 1.29 is 24.5 Å². The van der Waals surface area contributed by atoms with Crippen LogP contribution in [-0.2, 0) is 9.59 Å². The van der Waals surface area contributed by atoms with Crippen molar-refractivity contribution in [3.8, 4) is 11.5 Å². The number of benzene rings is 3. The molecule has 176 valence electrons. The van der Waals surface area contributed by atoms with Gasteiger partial charge in [-0.1, -0.05) is 41.2 Å². The van der Waals surface area contributed by atoms with Crippen LogP contribution in [0.1, 0.15) is 28.3 Å². The Morgan fingerprint density at radius 3 is 2.60 bits per heavy atom. The summed E-state index contributed by atoms with van der Waals surface area (Å²) < 4.78 is 6.08. The molecule has 0 saturated carbocycles. The number of aliphatic hydroxyl groups excluding tert-OH is 1. The van der Waals surface area contributed by atoms with Gasteiger partial charge in [-0.25, -0.2) is 4.98 Å². The van der Waals surface area contributed by atoms with Crippen LogP contribution >= 0.6 is 11.3 Å². The van der Waals surface area contributed by atoms with Crippen molar-refractivity contribution in [2.75, 3.05) is 12.0 Å². The first kappa shape index (κ1) is 22.6. The van der Waals surface area contributed by atoms with Gasteiger partial charge in [-0.3, -0.25) is 14.5 Å². The lowest BCUT2D eigenvalue weighted by Crippen LogP contribution is -2.29. The molecule has 1 unspecified atom stereocenters. The van der Waals surface area contributed by atoms with Gasteiger partial charge in [0.1, 0.15) is 17.3 Å². The number of nitrogens with zero attached hydrogens (tertiary/aromatic N) is 2. The molecular formula is C27H22N2O5S. The number of ether oxygens (including phenoxy) is 1. The van der Waals surface area contributed by atoms with Crippen molar-refractivity contribution in [3.63, 3.8) is 0 Å². The van der Waals surface area contributed by atoms with E-state index in [-0.39, 0.29) is 17.1 Å². The second-order valence-corrected chi connectivity index (χ2v) is 9.42. The van der Waals surface area contributed by atoms with Gasteiger partial charge in [-0.05, 0) is 61.4 Å². The number of thiazole rings is 1. The van der Waals surface area contributed by atoms with Crippen LogP contribution in [0.15, 0.2) is 66.2 Å². The molecule has 1 amide bonds. The minimum Gasteiger partial charge on any atom is -0.508 e. The number of fused-ring (bicyclic) bond motifs is 1. The fourth-order valence-corrected chi connectivity index (χ4v) is 5.32. The van der Waals surface area contributed by atoms with Crippen molar-refractivity contribution in [2.24, 2.45) is 0 Å². The number of ketones is 1. The molecule has 5 rings (SSSR count). The first-order chi connectivity index (χ1) is 16.8. The molecular weight excluding hydrogens is 464 g/mol. The van der Waals surface area contributed by atoms with Gasteiger partial charge in [0.25, 0.3) is 5.78 Å². The molecule has 0 aliphatic carbocycles. The number of Topliss-reactive ketones (excluding diaryl/α,β-unsaturated/α-hetero) is 1. The Labute approximate surface area is 205 Å². The Balaban J connectivity index is 1.75. The van der Waals surface area contributed by atoms with Crippen LogP contribution in [0.25, 0.3) is 16.0 Å². The van der Waals surface area contributed by atoms with Crippen LogP contribution in [0.5, 0.6) is 11.5 Å². The molecule has 1 atom stereocenters. The summed E-state index contributed by atoms with van der Waals surface area (Å²) in [6, 6.07) is 16.3. The van der Waals surface area contributed by atoms with Crippen LogP contribution in [0.4, 0.5) is 5.13 Å². The molecule has 4 aromatic rings. The van der Waals surface area contributed by atoms with E-state index in [0.717, 1.165) is 15.8 Å². The number of rotatable bonds is 4. The van der Waals surface area contributed by atoms with Gasteiger partial charge in [0, 0.05) is 5.56 Å². The molecule has 0 bridgehead atoms. The number of aryl methyl sites for hydroxylation is 2. The Kier molecular flexibility index (Phi) is 5.53. The largest absolute Gasteiger partial charge is 0.508 e. The predicted molar refractivity (Wildman–Crippen MR) is 135 cm³/mol. The molecule has 1 saturated heterocycles.